The highest BCUT2D eigenvalue weighted by Gasteiger charge is 2.35. The van der Waals surface area contributed by atoms with Crippen molar-refractivity contribution in [1.29, 1.82) is 0 Å². The smallest absolute Gasteiger partial charge is 0.307 e. The number of rotatable bonds is 3. The minimum atomic E-state index is -0.412. The lowest BCUT2D eigenvalue weighted by molar-refractivity contribution is -0.143. The van der Waals surface area contributed by atoms with Gasteiger partial charge in [-0.1, -0.05) is 0 Å². The Morgan fingerprint density at radius 3 is 3.06 bits per heavy atom. The zero-order chi connectivity index (χ0) is 12.4. The Hall–Kier alpha value is -0.850. The molecular weight excluding hydrogens is 258 g/mol. The Balaban J connectivity index is 2.14. The van der Waals surface area contributed by atoms with Crippen molar-refractivity contribution >= 4 is 35.0 Å². The van der Waals surface area contributed by atoms with E-state index in [1.54, 1.807) is 6.92 Å². The van der Waals surface area contributed by atoms with Crippen molar-refractivity contribution in [3.63, 3.8) is 0 Å². The van der Waals surface area contributed by atoms with Crippen molar-refractivity contribution in [2.75, 3.05) is 13.7 Å². The molecule has 0 saturated carbocycles. The highest BCUT2D eigenvalue weighted by Crippen LogP contribution is 2.37. The number of nitrogens with zero attached hydrogens (tertiary/aromatic N) is 1. The summed E-state index contributed by atoms with van der Waals surface area (Å²) in [5, 5.41) is 1.90. The minimum Gasteiger partial charge on any atom is -0.466 e. The van der Waals surface area contributed by atoms with Crippen LogP contribution in [-0.2, 0) is 9.53 Å². The van der Waals surface area contributed by atoms with E-state index in [1.165, 1.54) is 23.3 Å². The van der Waals surface area contributed by atoms with Gasteiger partial charge in [0.1, 0.15) is 0 Å². The van der Waals surface area contributed by atoms with Crippen LogP contribution in [0.15, 0.2) is 16.3 Å². The van der Waals surface area contributed by atoms with Crippen LogP contribution in [0.4, 0.5) is 0 Å². The fourth-order valence-corrected chi connectivity index (χ4v) is 3.72. The molecule has 1 aromatic rings. The summed E-state index contributed by atoms with van der Waals surface area (Å²) in [4.78, 5) is 25.3. The topological polar surface area (TPSA) is 46.6 Å². The van der Waals surface area contributed by atoms with Gasteiger partial charge < -0.3 is 4.74 Å². The van der Waals surface area contributed by atoms with Crippen LogP contribution in [0.2, 0.25) is 0 Å². The van der Waals surface area contributed by atoms with E-state index in [1.807, 2.05) is 22.8 Å². The van der Waals surface area contributed by atoms with E-state index in [0.717, 1.165) is 9.77 Å². The standard InChI is InChI=1S/C11H13NO3S2/c1-3-15-9(13)6-7-10(14)11-8(4-5-16-11)17-12(7)2/h4-5,7H,3,6H2,1-2H3. The number of thiophene rings is 1. The number of hydrogen-bond acceptors (Lipinski definition) is 6. The van der Waals surface area contributed by atoms with Gasteiger partial charge in [-0.25, -0.2) is 4.31 Å². The van der Waals surface area contributed by atoms with E-state index in [0.29, 0.717) is 6.61 Å². The van der Waals surface area contributed by atoms with E-state index < -0.39 is 6.04 Å². The summed E-state index contributed by atoms with van der Waals surface area (Å²) >= 11 is 2.94. The van der Waals surface area contributed by atoms with Crippen LogP contribution in [0.25, 0.3) is 0 Å². The lowest BCUT2D eigenvalue weighted by atomic mass is 10.1. The Kier molecular flexibility index (Phi) is 3.86. The number of likely N-dealkylation sites (N-methyl/N-ethyl adjacent to an activating group) is 1. The van der Waals surface area contributed by atoms with E-state index in [9.17, 15) is 9.59 Å². The third kappa shape index (κ3) is 2.53. The highest BCUT2D eigenvalue weighted by atomic mass is 32.2. The molecule has 1 aromatic heterocycles. The molecule has 4 nitrogen and oxygen atoms in total. The molecule has 0 amide bonds. The van der Waals surface area contributed by atoms with Gasteiger partial charge >= 0.3 is 5.97 Å². The molecule has 6 heteroatoms. The summed E-state index contributed by atoms with van der Waals surface area (Å²) in [7, 11) is 1.83. The summed E-state index contributed by atoms with van der Waals surface area (Å²) in [6.07, 6.45) is 0.119. The van der Waals surface area contributed by atoms with Crippen LogP contribution in [0, 0.1) is 0 Å². The molecule has 1 aliphatic heterocycles. The summed E-state index contributed by atoms with van der Waals surface area (Å²) < 4.78 is 6.71. The van der Waals surface area contributed by atoms with Crippen LogP contribution in [0.3, 0.4) is 0 Å². The molecule has 1 aliphatic rings. The number of carbonyl (C=O) groups is 2. The average Bonchev–Trinajstić information content (AvgIpc) is 2.72. The largest absolute Gasteiger partial charge is 0.466 e. The van der Waals surface area contributed by atoms with Gasteiger partial charge in [0.2, 0.25) is 0 Å². The summed E-state index contributed by atoms with van der Waals surface area (Å²) in [6.45, 7) is 2.11. The van der Waals surface area contributed by atoms with Gasteiger partial charge in [-0.15, -0.1) is 11.3 Å². The van der Waals surface area contributed by atoms with E-state index in [4.69, 9.17) is 4.74 Å². The first-order chi connectivity index (χ1) is 8.13. The van der Waals surface area contributed by atoms with Crippen molar-refractivity contribution in [2.24, 2.45) is 0 Å². The van der Waals surface area contributed by atoms with Crippen molar-refractivity contribution in [3.05, 3.63) is 16.3 Å². The van der Waals surface area contributed by atoms with Crippen molar-refractivity contribution in [1.82, 2.24) is 4.31 Å². The van der Waals surface area contributed by atoms with Gasteiger partial charge in [-0.3, -0.25) is 9.59 Å². The van der Waals surface area contributed by atoms with E-state index >= 15 is 0 Å². The maximum absolute atomic E-state index is 12.2. The number of carbonyl (C=O) groups excluding carboxylic acids is 2. The average molecular weight is 271 g/mol. The Bertz CT molecular complexity index is 444. The number of ketones is 1. The first-order valence-corrected chi connectivity index (χ1v) is 6.97. The third-order valence-electron chi connectivity index (χ3n) is 2.50. The summed E-state index contributed by atoms with van der Waals surface area (Å²) in [5.74, 6) is -0.303. The normalized spacial score (nSPS) is 20.1. The predicted molar refractivity (Wildman–Crippen MR) is 67.3 cm³/mol. The molecule has 2 heterocycles. The van der Waals surface area contributed by atoms with Gasteiger partial charge in [0, 0.05) is 4.90 Å². The molecule has 17 heavy (non-hydrogen) atoms. The van der Waals surface area contributed by atoms with Gasteiger partial charge in [0.25, 0.3) is 0 Å². The molecule has 0 fully saturated rings. The molecule has 0 aliphatic carbocycles. The van der Waals surface area contributed by atoms with E-state index in [2.05, 4.69) is 0 Å². The molecule has 1 unspecified atom stereocenters. The highest BCUT2D eigenvalue weighted by molar-refractivity contribution is 7.97. The second-order valence-electron chi connectivity index (χ2n) is 3.64. The number of hydrogen-bond donors (Lipinski definition) is 0. The maximum atomic E-state index is 12.2. The van der Waals surface area contributed by atoms with Crippen LogP contribution in [0.5, 0.6) is 0 Å². The van der Waals surface area contributed by atoms with Crippen molar-refractivity contribution < 1.29 is 14.3 Å². The minimum absolute atomic E-state index is 0.0179. The molecule has 92 valence electrons. The SMILES string of the molecule is CCOC(=O)CC1C(=O)c2sccc2SN1C. The second kappa shape index (κ2) is 5.20. The molecule has 0 bridgehead atoms. The monoisotopic (exact) mass is 271 g/mol. The molecule has 0 saturated heterocycles. The van der Waals surface area contributed by atoms with Crippen LogP contribution < -0.4 is 0 Å². The fourth-order valence-electron chi connectivity index (χ4n) is 1.68. The number of fused-ring (bicyclic) bond motifs is 1. The molecule has 2 rings (SSSR count). The Morgan fingerprint density at radius 1 is 1.59 bits per heavy atom. The van der Waals surface area contributed by atoms with Crippen LogP contribution >= 0.6 is 23.3 Å². The number of ether oxygens (including phenoxy) is 1. The Labute approximate surface area is 108 Å². The lowest BCUT2D eigenvalue weighted by Crippen LogP contribution is -2.39. The van der Waals surface area contributed by atoms with Crippen LogP contribution in [0.1, 0.15) is 23.0 Å². The number of Topliss-reactive ketones (excluding diaryl/α,β-unsaturated/α-hetero) is 1. The molecular formula is C11H13NO3S2. The first kappa shape index (κ1) is 12.6. The quantitative estimate of drug-likeness (QED) is 0.623. The Morgan fingerprint density at radius 2 is 2.35 bits per heavy atom. The molecule has 0 aromatic carbocycles. The molecule has 0 radical (unpaired) electrons. The zero-order valence-electron chi connectivity index (χ0n) is 9.63. The molecule has 0 N–H and O–H groups in total. The van der Waals surface area contributed by atoms with Gasteiger partial charge in [0.05, 0.1) is 23.9 Å². The summed E-state index contributed by atoms with van der Waals surface area (Å²) in [6, 6.07) is 1.52. The van der Waals surface area contributed by atoms with Gasteiger partial charge in [0.15, 0.2) is 5.78 Å². The third-order valence-corrected chi connectivity index (χ3v) is 4.64. The molecule has 1 atom stereocenters. The lowest BCUT2D eigenvalue weighted by Gasteiger charge is -2.28. The van der Waals surface area contributed by atoms with Crippen LogP contribution in [-0.4, -0.2) is 35.8 Å². The van der Waals surface area contributed by atoms with E-state index in [-0.39, 0.29) is 18.2 Å². The summed E-state index contributed by atoms with van der Waals surface area (Å²) in [5.41, 5.74) is 0. The first-order valence-electron chi connectivity index (χ1n) is 5.31. The predicted octanol–water partition coefficient (Wildman–Crippen LogP) is 2.21. The second-order valence-corrected chi connectivity index (χ2v) is 5.76. The fraction of sp³-hybridized carbons (Fsp3) is 0.455. The van der Waals surface area contributed by atoms with Crippen molar-refractivity contribution in [2.45, 2.75) is 24.3 Å². The van der Waals surface area contributed by atoms with Crippen molar-refractivity contribution in [3.8, 4) is 0 Å². The zero-order valence-corrected chi connectivity index (χ0v) is 11.3. The molecule has 0 spiro atoms. The van der Waals surface area contributed by atoms with Gasteiger partial charge in [-0.05, 0) is 37.4 Å². The number of esters is 1. The van der Waals surface area contributed by atoms with Gasteiger partial charge in [-0.2, -0.15) is 0 Å². The maximum Gasteiger partial charge on any atom is 0.307 e.